The van der Waals surface area contributed by atoms with E-state index in [1.807, 2.05) is 19.9 Å². The minimum Gasteiger partial charge on any atom is -0.360 e. The molecule has 116 valence electrons. The Kier molecular flexibility index (Phi) is 5.58. The van der Waals surface area contributed by atoms with Gasteiger partial charge in [-0.1, -0.05) is 18.5 Å². The number of nitrogens with one attached hydrogen (secondary N) is 2. The first kappa shape index (κ1) is 16.2. The van der Waals surface area contributed by atoms with Gasteiger partial charge in [-0.2, -0.15) is 4.98 Å². The molecule has 7 heteroatoms. The smallest absolute Gasteiger partial charge is 0.232 e. The van der Waals surface area contributed by atoms with Gasteiger partial charge in [-0.25, -0.2) is 4.98 Å². The fourth-order valence-corrected chi connectivity index (χ4v) is 2.93. The Morgan fingerprint density at radius 2 is 2.24 bits per heavy atom. The van der Waals surface area contributed by atoms with Gasteiger partial charge in [0, 0.05) is 25.2 Å². The molecule has 1 aromatic rings. The van der Waals surface area contributed by atoms with Crippen LogP contribution in [-0.2, 0) is 0 Å². The van der Waals surface area contributed by atoms with Gasteiger partial charge in [0.05, 0.1) is 0 Å². The number of hydrogen-bond donors (Lipinski definition) is 2. The Balaban J connectivity index is 2.11. The molecule has 2 heterocycles. The molecular formula is C14H22ClN5S. The fraction of sp³-hybridized carbons (Fsp3) is 0.643. The van der Waals surface area contributed by atoms with Crippen molar-refractivity contribution in [2.24, 2.45) is 5.92 Å². The maximum atomic E-state index is 6.11. The molecule has 0 saturated carbocycles. The van der Waals surface area contributed by atoms with Gasteiger partial charge < -0.3 is 15.5 Å². The van der Waals surface area contributed by atoms with Gasteiger partial charge in [-0.15, -0.1) is 0 Å². The van der Waals surface area contributed by atoms with Crippen LogP contribution in [0, 0.1) is 5.92 Å². The van der Waals surface area contributed by atoms with Crippen molar-refractivity contribution in [1.82, 2.24) is 15.3 Å². The molecule has 1 saturated heterocycles. The normalized spacial score (nSPS) is 18.7. The number of anilines is 2. The van der Waals surface area contributed by atoms with Crippen molar-refractivity contribution in [3.63, 3.8) is 0 Å². The summed E-state index contributed by atoms with van der Waals surface area (Å²) in [5.41, 5.74) is 0. The summed E-state index contributed by atoms with van der Waals surface area (Å²) in [6, 6.07) is 2.07. The molecule has 1 atom stereocenters. The zero-order valence-electron chi connectivity index (χ0n) is 12.7. The van der Waals surface area contributed by atoms with Crippen LogP contribution >= 0.6 is 23.8 Å². The lowest BCUT2D eigenvalue weighted by atomic mass is 10.0. The second-order valence-electron chi connectivity index (χ2n) is 5.82. The van der Waals surface area contributed by atoms with Crippen molar-refractivity contribution in [2.75, 3.05) is 23.3 Å². The average molecular weight is 328 g/mol. The Hall–Kier alpha value is -1.14. The van der Waals surface area contributed by atoms with Crippen LogP contribution in [0.3, 0.4) is 0 Å². The number of rotatable bonds is 3. The summed E-state index contributed by atoms with van der Waals surface area (Å²) in [4.78, 5) is 11.0. The molecule has 1 aliphatic rings. The third kappa shape index (κ3) is 4.97. The van der Waals surface area contributed by atoms with Crippen LogP contribution in [0.5, 0.6) is 0 Å². The maximum Gasteiger partial charge on any atom is 0.232 e. The summed E-state index contributed by atoms with van der Waals surface area (Å²) in [5.74, 6) is 1.97. The van der Waals surface area contributed by atoms with E-state index in [9.17, 15) is 0 Å². The molecule has 5 nitrogen and oxygen atoms in total. The number of piperidine rings is 1. The number of aromatic nitrogens is 2. The monoisotopic (exact) mass is 327 g/mol. The molecule has 0 amide bonds. The van der Waals surface area contributed by atoms with Gasteiger partial charge >= 0.3 is 0 Å². The van der Waals surface area contributed by atoms with E-state index in [-0.39, 0.29) is 6.04 Å². The van der Waals surface area contributed by atoms with E-state index in [0.717, 1.165) is 18.9 Å². The second kappa shape index (κ2) is 7.22. The number of hydrogen-bond acceptors (Lipinski definition) is 4. The van der Waals surface area contributed by atoms with Crippen LogP contribution < -0.4 is 15.5 Å². The number of nitrogens with zero attached hydrogens (tertiary/aromatic N) is 3. The Morgan fingerprint density at radius 1 is 1.48 bits per heavy atom. The lowest BCUT2D eigenvalue weighted by Crippen LogP contribution is -2.36. The van der Waals surface area contributed by atoms with Crippen molar-refractivity contribution in [3.8, 4) is 0 Å². The molecule has 2 N–H and O–H groups in total. The second-order valence-corrected chi connectivity index (χ2v) is 6.61. The molecule has 0 aromatic carbocycles. The van der Waals surface area contributed by atoms with Crippen molar-refractivity contribution in [1.29, 1.82) is 0 Å². The predicted molar refractivity (Wildman–Crippen MR) is 92.1 cm³/mol. The molecular weight excluding hydrogens is 306 g/mol. The van der Waals surface area contributed by atoms with Crippen molar-refractivity contribution in [3.05, 3.63) is 11.2 Å². The van der Waals surface area contributed by atoms with Gasteiger partial charge in [-0.3, -0.25) is 0 Å². The summed E-state index contributed by atoms with van der Waals surface area (Å²) < 4.78 is 0. The SMILES string of the molecule is CC(C)NC(=S)Nc1nc(Cl)cc(N2CCC[C@H](C)C2)n1. The highest BCUT2D eigenvalue weighted by molar-refractivity contribution is 7.80. The maximum absolute atomic E-state index is 6.11. The topological polar surface area (TPSA) is 53.1 Å². The first-order chi connectivity index (χ1) is 9.94. The molecule has 0 radical (unpaired) electrons. The van der Waals surface area contributed by atoms with Crippen LogP contribution in [0.1, 0.15) is 33.6 Å². The summed E-state index contributed by atoms with van der Waals surface area (Å²) in [5, 5.41) is 7.02. The zero-order valence-corrected chi connectivity index (χ0v) is 14.3. The quantitative estimate of drug-likeness (QED) is 0.657. The van der Waals surface area contributed by atoms with Crippen molar-refractivity contribution in [2.45, 2.75) is 39.7 Å². The van der Waals surface area contributed by atoms with Crippen molar-refractivity contribution < 1.29 is 0 Å². The molecule has 0 spiro atoms. The minimum absolute atomic E-state index is 0.256. The van der Waals surface area contributed by atoms with Crippen LogP contribution in [0.25, 0.3) is 0 Å². The molecule has 21 heavy (non-hydrogen) atoms. The predicted octanol–water partition coefficient (Wildman–Crippen LogP) is 3.06. The number of thiocarbonyl (C=S) groups is 1. The first-order valence-electron chi connectivity index (χ1n) is 7.31. The molecule has 0 unspecified atom stereocenters. The van der Waals surface area contributed by atoms with E-state index in [2.05, 4.69) is 32.4 Å². The molecule has 2 rings (SSSR count). The van der Waals surface area contributed by atoms with Gasteiger partial charge in [-0.05, 0) is 44.8 Å². The van der Waals surface area contributed by atoms with Crippen LogP contribution in [0.2, 0.25) is 5.15 Å². The van der Waals surface area contributed by atoms with E-state index in [1.54, 1.807) is 0 Å². The summed E-state index contributed by atoms with van der Waals surface area (Å²) in [6.07, 6.45) is 2.45. The standard InChI is InChI=1S/C14H22ClN5S/c1-9(2)16-14(21)19-13-17-11(15)7-12(18-13)20-6-4-5-10(3)8-20/h7,9-10H,4-6,8H2,1-3H3,(H2,16,17,18,19,21)/t10-/m0/s1. The number of halogens is 1. The molecule has 0 aliphatic carbocycles. The zero-order chi connectivity index (χ0) is 15.4. The molecule has 1 aromatic heterocycles. The molecule has 1 aliphatic heterocycles. The highest BCUT2D eigenvalue weighted by Gasteiger charge is 2.19. The Labute approximate surface area is 136 Å². The largest absolute Gasteiger partial charge is 0.360 e. The Bertz CT molecular complexity index is 508. The van der Waals surface area contributed by atoms with Crippen molar-refractivity contribution >= 4 is 40.7 Å². The third-order valence-corrected chi connectivity index (χ3v) is 3.72. The lowest BCUT2D eigenvalue weighted by Gasteiger charge is -2.32. The van der Waals surface area contributed by atoms with Gasteiger partial charge in [0.15, 0.2) is 5.11 Å². The fourth-order valence-electron chi connectivity index (χ4n) is 2.42. The third-order valence-electron chi connectivity index (χ3n) is 3.31. The minimum atomic E-state index is 0.256. The van der Waals surface area contributed by atoms with E-state index >= 15 is 0 Å². The summed E-state index contributed by atoms with van der Waals surface area (Å²) >= 11 is 11.3. The highest BCUT2D eigenvalue weighted by Crippen LogP contribution is 2.24. The summed E-state index contributed by atoms with van der Waals surface area (Å²) in [7, 11) is 0. The van der Waals surface area contributed by atoms with Gasteiger partial charge in [0.1, 0.15) is 11.0 Å². The van der Waals surface area contributed by atoms with E-state index in [0.29, 0.717) is 22.1 Å². The molecule has 1 fully saturated rings. The van der Waals surface area contributed by atoms with E-state index in [1.165, 1.54) is 12.8 Å². The first-order valence-corrected chi connectivity index (χ1v) is 8.09. The summed E-state index contributed by atoms with van der Waals surface area (Å²) in [6.45, 7) is 8.31. The van der Waals surface area contributed by atoms with Crippen LogP contribution in [-0.4, -0.2) is 34.2 Å². The molecule has 0 bridgehead atoms. The van der Waals surface area contributed by atoms with Gasteiger partial charge in [0.25, 0.3) is 0 Å². The van der Waals surface area contributed by atoms with Crippen LogP contribution in [0.15, 0.2) is 6.07 Å². The lowest BCUT2D eigenvalue weighted by molar-refractivity contribution is 0.444. The average Bonchev–Trinajstić information content (AvgIpc) is 2.36. The van der Waals surface area contributed by atoms with Gasteiger partial charge in [0.2, 0.25) is 5.95 Å². The van der Waals surface area contributed by atoms with E-state index in [4.69, 9.17) is 23.8 Å². The van der Waals surface area contributed by atoms with Crippen LogP contribution in [0.4, 0.5) is 11.8 Å². The highest BCUT2D eigenvalue weighted by atomic mass is 35.5. The Morgan fingerprint density at radius 3 is 2.90 bits per heavy atom. The van der Waals surface area contributed by atoms with E-state index < -0.39 is 0 Å².